The Balaban J connectivity index is 2.15. The van der Waals surface area contributed by atoms with E-state index in [-0.39, 0.29) is 17.5 Å². The van der Waals surface area contributed by atoms with Crippen LogP contribution in [0.5, 0.6) is 0 Å². The maximum atomic E-state index is 12.6. The van der Waals surface area contributed by atoms with Crippen molar-refractivity contribution >= 4 is 16.2 Å². The number of amides is 1. The lowest BCUT2D eigenvalue weighted by Gasteiger charge is -2.41. The van der Waals surface area contributed by atoms with Gasteiger partial charge in [0.15, 0.2) is 0 Å². The van der Waals surface area contributed by atoms with Crippen molar-refractivity contribution in [1.82, 2.24) is 10.2 Å². The fourth-order valence-corrected chi connectivity index (χ4v) is 3.68. The highest BCUT2D eigenvalue weighted by molar-refractivity contribution is 7.86. The zero-order valence-corrected chi connectivity index (χ0v) is 17.1. The van der Waals surface area contributed by atoms with Crippen molar-refractivity contribution in [2.75, 3.05) is 19.7 Å². The molecule has 0 aromatic heterocycles. The van der Waals surface area contributed by atoms with Gasteiger partial charge in [-0.25, -0.2) is 4.79 Å². The van der Waals surface area contributed by atoms with Crippen LogP contribution in [0, 0.1) is 6.92 Å². The molecule has 1 aliphatic rings. The van der Waals surface area contributed by atoms with Gasteiger partial charge in [0.2, 0.25) is 0 Å². The van der Waals surface area contributed by atoms with Crippen molar-refractivity contribution in [2.45, 2.75) is 50.3 Å². The van der Waals surface area contributed by atoms with Gasteiger partial charge in [-0.05, 0) is 39.8 Å². The topological polar surface area (TPSA) is 84.9 Å². The average molecular weight is 397 g/mol. The van der Waals surface area contributed by atoms with Crippen LogP contribution < -0.4 is 5.32 Å². The summed E-state index contributed by atoms with van der Waals surface area (Å²) in [6.07, 6.45) is 1.12. The van der Waals surface area contributed by atoms with Crippen LogP contribution in [0.4, 0.5) is 4.79 Å². The first-order chi connectivity index (χ1) is 12.5. The molecule has 0 saturated carbocycles. The third-order valence-electron chi connectivity index (χ3n) is 4.09. The zero-order chi connectivity index (χ0) is 20.2. The van der Waals surface area contributed by atoms with Gasteiger partial charge in [-0.1, -0.05) is 23.8 Å². The molecule has 27 heavy (non-hydrogen) atoms. The smallest absolute Gasteiger partial charge is 0.411 e. The Morgan fingerprint density at radius 1 is 1.30 bits per heavy atom. The van der Waals surface area contributed by atoms with E-state index in [0.29, 0.717) is 13.1 Å². The fraction of sp³-hybridized carbons (Fsp3) is 0.526. The number of rotatable bonds is 5. The van der Waals surface area contributed by atoms with Crippen LogP contribution in [0.25, 0.3) is 0 Å². The Morgan fingerprint density at radius 2 is 1.93 bits per heavy atom. The predicted octanol–water partition coefficient (Wildman–Crippen LogP) is 2.46. The summed E-state index contributed by atoms with van der Waals surface area (Å²) in [4.78, 5) is 14.2. The van der Waals surface area contributed by atoms with E-state index in [1.54, 1.807) is 39.0 Å². The minimum atomic E-state index is -3.92. The van der Waals surface area contributed by atoms with E-state index >= 15 is 0 Å². The maximum absolute atomic E-state index is 12.6. The summed E-state index contributed by atoms with van der Waals surface area (Å²) in [6.45, 7) is 11.7. The first-order valence-electron chi connectivity index (χ1n) is 8.84. The van der Waals surface area contributed by atoms with Crippen molar-refractivity contribution < 1.29 is 22.1 Å². The first-order valence-corrected chi connectivity index (χ1v) is 10.2. The normalized spacial score (nSPS) is 21.0. The molecule has 1 aromatic rings. The summed E-state index contributed by atoms with van der Waals surface area (Å²) in [5.41, 5.74) is 0.294. The number of ether oxygens (including phenoxy) is 1. The Bertz CT molecular complexity index is 768. The first kappa shape index (κ1) is 21.4. The maximum Gasteiger partial charge on any atom is 0.411 e. The van der Waals surface area contributed by atoms with Crippen molar-refractivity contribution in [2.24, 2.45) is 0 Å². The predicted molar refractivity (Wildman–Crippen MR) is 103 cm³/mol. The molecular weight excluding hydrogens is 368 g/mol. The van der Waals surface area contributed by atoms with Gasteiger partial charge < -0.3 is 10.1 Å². The van der Waals surface area contributed by atoms with Gasteiger partial charge in [-0.2, -0.15) is 8.42 Å². The van der Waals surface area contributed by atoms with E-state index < -0.39 is 27.9 Å². The van der Waals surface area contributed by atoms with Gasteiger partial charge in [-0.3, -0.25) is 9.08 Å². The summed E-state index contributed by atoms with van der Waals surface area (Å²) in [5.74, 6) is 0. The molecule has 1 heterocycles. The second-order valence-electron chi connectivity index (χ2n) is 7.55. The number of aryl methyl sites for hydroxylation is 1. The number of carbonyl (C=O) groups excluding carboxylic acids is 1. The molecule has 2 rings (SSSR count). The Hall–Kier alpha value is -1.90. The number of carbonyl (C=O) groups is 1. The molecule has 0 radical (unpaired) electrons. The number of piperazine rings is 1. The van der Waals surface area contributed by atoms with Crippen LogP contribution in [-0.4, -0.2) is 56.8 Å². The Kier molecular flexibility index (Phi) is 6.67. The zero-order valence-electron chi connectivity index (χ0n) is 16.3. The molecule has 1 saturated heterocycles. The summed E-state index contributed by atoms with van der Waals surface area (Å²) >= 11 is 0. The van der Waals surface area contributed by atoms with Crippen LogP contribution in [0.2, 0.25) is 0 Å². The van der Waals surface area contributed by atoms with E-state index in [4.69, 9.17) is 8.92 Å². The summed E-state index contributed by atoms with van der Waals surface area (Å²) < 4.78 is 35.6. The summed E-state index contributed by atoms with van der Waals surface area (Å²) in [5, 5.41) is 3.17. The van der Waals surface area contributed by atoms with Crippen molar-refractivity contribution in [3.63, 3.8) is 0 Å². The van der Waals surface area contributed by atoms with Gasteiger partial charge in [-0.15, -0.1) is 6.58 Å². The van der Waals surface area contributed by atoms with Crippen molar-refractivity contribution in [3.8, 4) is 0 Å². The lowest BCUT2D eigenvalue weighted by Crippen LogP contribution is -2.61. The van der Waals surface area contributed by atoms with Gasteiger partial charge in [0.25, 0.3) is 10.1 Å². The molecule has 2 atom stereocenters. The third-order valence-corrected chi connectivity index (χ3v) is 5.38. The van der Waals surface area contributed by atoms with Crippen LogP contribution in [0.1, 0.15) is 26.3 Å². The molecule has 1 aliphatic heterocycles. The highest BCUT2D eigenvalue weighted by Crippen LogP contribution is 2.20. The molecule has 0 spiro atoms. The molecule has 8 heteroatoms. The molecule has 0 bridgehead atoms. The van der Waals surface area contributed by atoms with E-state index in [9.17, 15) is 13.2 Å². The summed E-state index contributed by atoms with van der Waals surface area (Å²) in [6, 6.07) is 5.60. The van der Waals surface area contributed by atoms with Gasteiger partial charge in [0.1, 0.15) is 5.60 Å². The second-order valence-corrected chi connectivity index (χ2v) is 9.17. The van der Waals surface area contributed by atoms with Crippen LogP contribution in [-0.2, 0) is 19.0 Å². The van der Waals surface area contributed by atoms with Gasteiger partial charge in [0.05, 0.1) is 23.6 Å². The van der Waals surface area contributed by atoms with E-state index in [0.717, 1.165) is 5.56 Å². The van der Waals surface area contributed by atoms with E-state index in [1.165, 1.54) is 17.0 Å². The minimum Gasteiger partial charge on any atom is -0.444 e. The van der Waals surface area contributed by atoms with Gasteiger partial charge in [0, 0.05) is 13.1 Å². The Morgan fingerprint density at radius 3 is 2.48 bits per heavy atom. The number of nitrogens with zero attached hydrogens (tertiary/aromatic N) is 1. The van der Waals surface area contributed by atoms with E-state index in [2.05, 4.69) is 11.9 Å². The van der Waals surface area contributed by atoms with Gasteiger partial charge >= 0.3 is 6.09 Å². The highest BCUT2D eigenvalue weighted by atomic mass is 32.2. The summed E-state index contributed by atoms with van der Waals surface area (Å²) in [7, 11) is -3.92. The number of hydrogen-bond acceptors (Lipinski definition) is 6. The number of benzene rings is 1. The van der Waals surface area contributed by atoms with Crippen LogP contribution >= 0.6 is 0 Å². The highest BCUT2D eigenvalue weighted by Gasteiger charge is 2.36. The standard InChI is InChI=1S/C19H28N2O5S/c1-6-15-11-20-12-16(21(15)18(22)26-19(3,4)5)13-25-27(23,24)17-9-7-14(2)8-10-17/h6-10,15-16,20H,1,11-13H2,2-5H3/t15-,16-/m0/s1. The Labute approximate surface area is 161 Å². The van der Waals surface area contributed by atoms with Crippen molar-refractivity contribution in [1.29, 1.82) is 0 Å². The molecule has 0 aliphatic carbocycles. The molecule has 1 fully saturated rings. The number of hydrogen-bond donors (Lipinski definition) is 1. The monoisotopic (exact) mass is 396 g/mol. The second kappa shape index (κ2) is 8.41. The lowest BCUT2D eigenvalue weighted by molar-refractivity contribution is -0.00216. The molecular formula is C19H28N2O5S. The number of nitrogens with one attached hydrogen (secondary N) is 1. The molecule has 1 aromatic carbocycles. The SMILES string of the molecule is C=C[C@H]1CNC[C@@H](COS(=O)(=O)c2ccc(C)cc2)N1C(=O)OC(C)(C)C. The average Bonchev–Trinajstić information content (AvgIpc) is 2.58. The molecule has 0 unspecified atom stereocenters. The minimum absolute atomic E-state index is 0.0842. The fourth-order valence-electron chi connectivity index (χ4n) is 2.74. The van der Waals surface area contributed by atoms with Crippen LogP contribution in [0.15, 0.2) is 41.8 Å². The quantitative estimate of drug-likeness (QED) is 0.608. The van der Waals surface area contributed by atoms with E-state index in [1.807, 2.05) is 6.92 Å². The van der Waals surface area contributed by atoms with Crippen molar-refractivity contribution in [3.05, 3.63) is 42.5 Å². The molecule has 1 amide bonds. The molecule has 1 N–H and O–H groups in total. The third kappa shape index (κ3) is 5.79. The molecule has 7 nitrogen and oxygen atoms in total. The largest absolute Gasteiger partial charge is 0.444 e. The molecule has 150 valence electrons. The van der Waals surface area contributed by atoms with Crippen LogP contribution in [0.3, 0.4) is 0 Å². The lowest BCUT2D eigenvalue weighted by atomic mass is 10.1.